The summed E-state index contributed by atoms with van der Waals surface area (Å²) in [6, 6.07) is 4.07. The summed E-state index contributed by atoms with van der Waals surface area (Å²) >= 11 is 0. The van der Waals surface area contributed by atoms with Crippen LogP contribution in [0.1, 0.15) is 96.6 Å². The van der Waals surface area contributed by atoms with Crippen molar-refractivity contribution in [2.24, 2.45) is 5.92 Å². The molecule has 3 heteroatoms. The van der Waals surface area contributed by atoms with Crippen LogP contribution in [0.5, 0.6) is 11.5 Å². The zero-order chi connectivity index (χ0) is 20.5. The van der Waals surface area contributed by atoms with Gasteiger partial charge in [-0.25, -0.2) is 0 Å². The van der Waals surface area contributed by atoms with E-state index in [1.165, 1.54) is 25.7 Å². The molecule has 0 bridgehead atoms. The molecule has 1 aromatic carbocycles. The highest BCUT2D eigenvalue weighted by molar-refractivity contribution is 5.74. The number of rotatable bonds is 7. The summed E-state index contributed by atoms with van der Waals surface area (Å²) < 4.78 is 6.44. The predicted molar refractivity (Wildman–Crippen MR) is 114 cm³/mol. The van der Waals surface area contributed by atoms with Gasteiger partial charge < -0.3 is 9.84 Å². The van der Waals surface area contributed by atoms with Crippen LogP contribution in [0.2, 0.25) is 0 Å². The molecule has 1 heterocycles. The maximum atomic E-state index is 11.4. The molecule has 1 aliphatic heterocycles. The van der Waals surface area contributed by atoms with Gasteiger partial charge in [-0.05, 0) is 61.8 Å². The van der Waals surface area contributed by atoms with E-state index in [2.05, 4.69) is 46.8 Å². The van der Waals surface area contributed by atoms with E-state index in [4.69, 9.17) is 4.74 Å². The Hall–Kier alpha value is -1.77. The molecular weight excluding hydrogens is 348 g/mol. The van der Waals surface area contributed by atoms with Crippen LogP contribution < -0.4 is 4.74 Å². The first-order chi connectivity index (χ1) is 13.2. The number of carbonyl (C=O) groups excluding carboxylic acids is 1. The lowest BCUT2D eigenvalue weighted by molar-refractivity contribution is -0.105. The van der Waals surface area contributed by atoms with E-state index in [1.54, 1.807) is 0 Å². The molecule has 2 aliphatic rings. The molecule has 0 radical (unpaired) electrons. The predicted octanol–water partition coefficient (Wildman–Crippen LogP) is 6.43. The highest BCUT2D eigenvalue weighted by Gasteiger charge is 2.45. The number of aromatic hydroxyl groups is 1. The molecular formula is C25H36O3. The first kappa shape index (κ1) is 21.0. The standard InChI is InChI=1S/C25H36O3/c1-6-7-8-9-12-24(2,3)18-14-21(27)23-19-13-17(16-26)10-11-20(19)25(4,5)28-22(23)15-18/h13-16,19-20,27H,6-12H2,1-5H3/t19-,20-/m1/s1. The van der Waals surface area contributed by atoms with Gasteiger partial charge in [0.15, 0.2) is 0 Å². The second kappa shape index (κ2) is 7.93. The normalized spacial score (nSPS) is 23.2. The summed E-state index contributed by atoms with van der Waals surface area (Å²) in [5, 5.41) is 11.0. The van der Waals surface area contributed by atoms with Gasteiger partial charge in [0.05, 0.1) is 0 Å². The number of benzene rings is 1. The molecule has 2 atom stereocenters. The maximum Gasteiger partial charge on any atom is 0.145 e. The summed E-state index contributed by atoms with van der Waals surface area (Å²) in [5.74, 6) is 1.39. The monoisotopic (exact) mass is 384 g/mol. The molecule has 0 aromatic heterocycles. The summed E-state index contributed by atoms with van der Waals surface area (Å²) in [7, 11) is 0. The molecule has 28 heavy (non-hydrogen) atoms. The first-order valence-corrected chi connectivity index (χ1v) is 10.9. The maximum absolute atomic E-state index is 11.4. The second-order valence-electron chi connectivity index (χ2n) is 9.84. The van der Waals surface area contributed by atoms with Crippen molar-refractivity contribution >= 4 is 6.29 Å². The molecule has 0 saturated carbocycles. The second-order valence-corrected chi connectivity index (χ2v) is 9.84. The van der Waals surface area contributed by atoms with E-state index in [9.17, 15) is 9.90 Å². The van der Waals surface area contributed by atoms with Gasteiger partial charge in [-0.3, -0.25) is 4.79 Å². The Bertz CT molecular complexity index is 757. The third-order valence-corrected chi connectivity index (χ3v) is 6.88. The fourth-order valence-corrected chi connectivity index (χ4v) is 5.01. The third kappa shape index (κ3) is 3.99. The van der Waals surface area contributed by atoms with Gasteiger partial charge in [0.2, 0.25) is 0 Å². The van der Waals surface area contributed by atoms with E-state index in [0.29, 0.717) is 5.75 Å². The topological polar surface area (TPSA) is 46.5 Å². The van der Waals surface area contributed by atoms with Crippen molar-refractivity contribution in [3.8, 4) is 11.5 Å². The van der Waals surface area contributed by atoms with Crippen LogP contribution in [-0.4, -0.2) is 17.0 Å². The Balaban J connectivity index is 1.97. The smallest absolute Gasteiger partial charge is 0.145 e. The summed E-state index contributed by atoms with van der Waals surface area (Å²) in [6.07, 6.45) is 10.8. The van der Waals surface area contributed by atoms with Crippen molar-refractivity contribution in [3.05, 3.63) is 34.9 Å². The van der Waals surface area contributed by atoms with Crippen LogP contribution in [-0.2, 0) is 10.2 Å². The third-order valence-electron chi connectivity index (χ3n) is 6.88. The molecule has 0 fully saturated rings. The number of hydrogen-bond donors (Lipinski definition) is 1. The minimum Gasteiger partial charge on any atom is -0.507 e. The molecule has 1 aromatic rings. The highest BCUT2D eigenvalue weighted by atomic mass is 16.5. The van der Waals surface area contributed by atoms with Crippen molar-refractivity contribution in [1.29, 1.82) is 0 Å². The summed E-state index contributed by atoms with van der Waals surface area (Å²) in [6.45, 7) is 11.0. The number of aldehydes is 1. The van der Waals surface area contributed by atoms with Gasteiger partial charge in [0.1, 0.15) is 23.4 Å². The van der Waals surface area contributed by atoms with Gasteiger partial charge in [0.25, 0.3) is 0 Å². The Kier molecular flexibility index (Phi) is 5.93. The zero-order valence-electron chi connectivity index (χ0n) is 18.2. The first-order valence-electron chi connectivity index (χ1n) is 10.9. The Labute approximate surface area is 170 Å². The lowest BCUT2D eigenvalue weighted by Gasteiger charge is -2.46. The van der Waals surface area contributed by atoms with Crippen LogP contribution in [0, 0.1) is 5.92 Å². The SMILES string of the molecule is CCCCCCC(C)(C)c1cc(O)c2c(c1)OC(C)(C)[C@@H]1CCC(C=O)=C[C@@H]21. The summed E-state index contributed by atoms with van der Waals surface area (Å²) in [4.78, 5) is 11.4. The van der Waals surface area contributed by atoms with E-state index in [-0.39, 0.29) is 22.9 Å². The molecule has 154 valence electrons. The number of ether oxygens (including phenoxy) is 1. The molecule has 3 rings (SSSR count). The average Bonchev–Trinajstić information content (AvgIpc) is 2.63. The molecule has 0 unspecified atom stereocenters. The lowest BCUT2D eigenvalue weighted by atomic mass is 9.67. The number of carbonyl (C=O) groups is 1. The van der Waals surface area contributed by atoms with Crippen LogP contribution in [0.4, 0.5) is 0 Å². The molecule has 1 N–H and O–H groups in total. The fourth-order valence-electron chi connectivity index (χ4n) is 5.01. The molecule has 0 amide bonds. The van der Waals surface area contributed by atoms with Gasteiger partial charge >= 0.3 is 0 Å². The Morgan fingerprint density at radius 3 is 2.68 bits per heavy atom. The number of hydrogen-bond acceptors (Lipinski definition) is 3. The fraction of sp³-hybridized carbons (Fsp3) is 0.640. The van der Waals surface area contributed by atoms with Crippen molar-refractivity contribution in [3.63, 3.8) is 0 Å². The number of unbranched alkanes of at least 4 members (excludes halogenated alkanes) is 3. The molecule has 3 nitrogen and oxygen atoms in total. The van der Waals surface area contributed by atoms with Gasteiger partial charge in [-0.2, -0.15) is 0 Å². The van der Waals surface area contributed by atoms with E-state index < -0.39 is 0 Å². The largest absolute Gasteiger partial charge is 0.507 e. The van der Waals surface area contributed by atoms with Gasteiger partial charge in [-0.15, -0.1) is 0 Å². The van der Waals surface area contributed by atoms with Crippen molar-refractivity contribution < 1.29 is 14.6 Å². The number of phenolic OH excluding ortho intramolecular Hbond substituents is 1. The summed E-state index contributed by atoms with van der Waals surface area (Å²) in [5.41, 5.74) is 2.49. The zero-order valence-corrected chi connectivity index (χ0v) is 18.2. The number of allylic oxidation sites excluding steroid dienone is 2. The molecule has 0 spiro atoms. The highest BCUT2D eigenvalue weighted by Crippen LogP contribution is 2.54. The van der Waals surface area contributed by atoms with Crippen molar-refractivity contribution in [2.45, 2.75) is 96.5 Å². The average molecular weight is 385 g/mol. The van der Waals surface area contributed by atoms with Gasteiger partial charge in [0, 0.05) is 17.4 Å². The lowest BCUT2D eigenvalue weighted by Crippen LogP contribution is -2.45. The number of fused-ring (bicyclic) bond motifs is 3. The minimum atomic E-state index is -0.321. The van der Waals surface area contributed by atoms with Gasteiger partial charge in [-0.1, -0.05) is 52.5 Å². The van der Waals surface area contributed by atoms with Crippen LogP contribution in [0.25, 0.3) is 0 Å². The Morgan fingerprint density at radius 1 is 1.25 bits per heavy atom. The minimum absolute atomic E-state index is 0.0129. The number of phenols is 1. The van der Waals surface area contributed by atoms with E-state index >= 15 is 0 Å². The van der Waals surface area contributed by atoms with Crippen LogP contribution >= 0.6 is 0 Å². The van der Waals surface area contributed by atoms with Crippen molar-refractivity contribution in [2.75, 3.05) is 0 Å². The molecule has 1 aliphatic carbocycles. The quantitative estimate of drug-likeness (QED) is 0.435. The van der Waals surface area contributed by atoms with E-state index in [0.717, 1.165) is 48.0 Å². The Morgan fingerprint density at radius 2 is 2.00 bits per heavy atom. The van der Waals surface area contributed by atoms with E-state index in [1.807, 2.05) is 6.07 Å². The molecule has 0 saturated heterocycles. The van der Waals surface area contributed by atoms with Crippen molar-refractivity contribution in [1.82, 2.24) is 0 Å². The van der Waals surface area contributed by atoms with Crippen LogP contribution in [0.3, 0.4) is 0 Å². The van der Waals surface area contributed by atoms with Crippen LogP contribution in [0.15, 0.2) is 23.8 Å².